The van der Waals surface area contributed by atoms with Crippen molar-refractivity contribution in [3.05, 3.63) is 0 Å². The molecule has 0 aliphatic rings. The van der Waals surface area contributed by atoms with E-state index in [1.807, 2.05) is 26.0 Å². The lowest BCUT2D eigenvalue weighted by atomic mass is 10.0. The maximum atomic E-state index is 12.0. The fraction of sp³-hybridized carbons (Fsp3) is 0.952. The van der Waals surface area contributed by atoms with Crippen LogP contribution in [0.2, 0.25) is 0 Å². The smallest absolute Gasteiger partial charge is 0.222 e. The summed E-state index contributed by atoms with van der Waals surface area (Å²) < 4.78 is 0. The Labute approximate surface area is 164 Å². The zero-order valence-electron chi connectivity index (χ0n) is 17.5. The number of amides is 1. The monoisotopic (exact) mass is 375 g/mol. The Balaban J connectivity index is 0. The van der Waals surface area contributed by atoms with Crippen LogP contribution in [0.25, 0.3) is 0 Å². The zero-order valence-corrected chi connectivity index (χ0v) is 18.3. The van der Waals surface area contributed by atoms with Crippen LogP contribution in [-0.2, 0) is 4.79 Å². The van der Waals surface area contributed by atoms with Gasteiger partial charge in [-0.05, 0) is 20.5 Å². The van der Waals surface area contributed by atoms with Gasteiger partial charge in [-0.15, -0.1) is 0 Å². The maximum Gasteiger partial charge on any atom is 0.222 e. The van der Waals surface area contributed by atoms with Crippen LogP contribution >= 0.6 is 0 Å². The minimum atomic E-state index is 0. The number of unbranched alkanes of at least 4 members (excludes halogenated alkanes) is 12. The van der Waals surface area contributed by atoms with Crippen molar-refractivity contribution >= 4 is 5.91 Å². The quantitative estimate of drug-likeness (QED) is 0.365. The van der Waals surface area contributed by atoms with Gasteiger partial charge in [-0.3, -0.25) is 4.79 Å². The minimum Gasteiger partial charge on any atom is -1.00 e. The van der Waals surface area contributed by atoms with Crippen LogP contribution < -0.4 is 12.4 Å². The predicted molar refractivity (Wildman–Crippen MR) is 107 cm³/mol. The molecule has 4 heteroatoms. The molecule has 0 N–H and O–H groups in total. The highest BCUT2D eigenvalue weighted by atomic mass is 35.5. The molecule has 0 aromatic heterocycles. The van der Waals surface area contributed by atoms with Gasteiger partial charge < -0.3 is 22.2 Å². The Morgan fingerprint density at radius 1 is 0.640 bits per heavy atom. The second-order valence-electron chi connectivity index (χ2n) is 7.61. The molecule has 0 saturated carbocycles. The molecule has 0 aliphatic heterocycles. The zero-order chi connectivity index (χ0) is 18.0. The number of carbonyl (C=O) groups excluding carboxylic acids is 1. The second-order valence-corrected chi connectivity index (χ2v) is 7.61. The molecule has 0 heterocycles. The number of hydrogen-bond donors (Lipinski definition) is 0. The number of halogens is 1. The Morgan fingerprint density at radius 3 is 1.44 bits per heavy atom. The van der Waals surface area contributed by atoms with E-state index in [0.29, 0.717) is 5.91 Å². The molecular formula is C21H44ClN2O-. The van der Waals surface area contributed by atoms with E-state index in [2.05, 4.69) is 11.8 Å². The number of likely N-dealkylation sites (N-methyl/N-ethyl adjacent to an activating group) is 2. The molecule has 0 saturated heterocycles. The molecule has 3 nitrogen and oxygen atoms in total. The first-order valence-electron chi connectivity index (χ1n) is 10.5. The van der Waals surface area contributed by atoms with Crippen LogP contribution in [0.1, 0.15) is 96.8 Å². The van der Waals surface area contributed by atoms with Crippen molar-refractivity contribution in [2.45, 2.75) is 96.8 Å². The molecule has 25 heavy (non-hydrogen) atoms. The highest BCUT2D eigenvalue weighted by Crippen LogP contribution is 2.13. The fourth-order valence-corrected chi connectivity index (χ4v) is 2.96. The van der Waals surface area contributed by atoms with Crippen LogP contribution in [0, 0.1) is 0 Å². The van der Waals surface area contributed by atoms with Gasteiger partial charge in [0.25, 0.3) is 0 Å². The normalized spacial score (nSPS) is 10.8. The fourth-order valence-electron chi connectivity index (χ4n) is 2.96. The van der Waals surface area contributed by atoms with Crippen molar-refractivity contribution in [2.75, 3.05) is 34.2 Å². The van der Waals surface area contributed by atoms with E-state index in [1.165, 1.54) is 77.0 Å². The molecule has 0 fully saturated rings. The predicted octanol–water partition coefficient (Wildman–Crippen LogP) is 2.49. The summed E-state index contributed by atoms with van der Waals surface area (Å²) in [5.41, 5.74) is 0. The topological polar surface area (TPSA) is 23.6 Å². The summed E-state index contributed by atoms with van der Waals surface area (Å²) >= 11 is 0. The minimum absolute atomic E-state index is 0. The van der Waals surface area contributed by atoms with Gasteiger partial charge >= 0.3 is 0 Å². The summed E-state index contributed by atoms with van der Waals surface area (Å²) in [6.45, 7) is 4.06. The molecule has 0 spiro atoms. The molecule has 152 valence electrons. The molecule has 0 rings (SSSR count). The summed E-state index contributed by atoms with van der Waals surface area (Å²) in [6.07, 6.45) is 18.3. The lowest BCUT2D eigenvalue weighted by molar-refractivity contribution is -0.130. The molecule has 0 unspecified atom stereocenters. The van der Waals surface area contributed by atoms with Crippen LogP contribution in [-0.4, -0.2) is 49.9 Å². The van der Waals surface area contributed by atoms with Gasteiger partial charge in [-0.1, -0.05) is 84.0 Å². The molecule has 0 bridgehead atoms. The Hall–Kier alpha value is -0.280. The third-order valence-corrected chi connectivity index (χ3v) is 4.80. The van der Waals surface area contributed by atoms with Crippen LogP contribution in [0.15, 0.2) is 0 Å². The van der Waals surface area contributed by atoms with Crippen molar-refractivity contribution in [3.63, 3.8) is 0 Å². The molecule has 0 radical (unpaired) electrons. The first kappa shape index (κ1) is 26.9. The summed E-state index contributed by atoms with van der Waals surface area (Å²) in [5, 5.41) is 0. The summed E-state index contributed by atoms with van der Waals surface area (Å²) in [6, 6.07) is 0. The number of nitrogens with zero attached hydrogens (tertiary/aromatic N) is 2. The van der Waals surface area contributed by atoms with Gasteiger partial charge in [0.05, 0.1) is 0 Å². The first-order chi connectivity index (χ1) is 11.6. The summed E-state index contributed by atoms with van der Waals surface area (Å²) in [4.78, 5) is 16.0. The van der Waals surface area contributed by atoms with E-state index in [9.17, 15) is 4.79 Å². The second kappa shape index (κ2) is 20.0. The van der Waals surface area contributed by atoms with E-state index in [0.717, 1.165) is 25.9 Å². The van der Waals surface area contributed by atoms with Gasteiger partial charge in [-0.25, -0.2) is 0 Å². The highest BCUT2D eigenvalue weighted by molar-refractivity contribution is 5.75. The van der Waals surface area contributed by atoms with E-state index in [-0.39, 0.29) is 12.4 Å². The van der Waals surface area contributed by atoms with E-state index in [4.69, 9.17) is 0 Å². The van der Waals surface area contributed by atoms with E-state index in [1.54, 1.807) is 0 Å². The van der Waals surface area contributed by atoms with Gasteiger partial charge in [0.2, 0.25) is 5.91 Å². The maximum absolute atomic E-state index is 12.0. The third-order valence-electron chi connectivity index (χ3n) is 4.80. The Morgan fingerprint density at radius 2 is 1.04 bits per heavy atom. The van der Waals surface area contributed by atoms with Crippen LogP contribution in [0.5, 0.6) is 0 Å². The van der Waals surface area contributed by atoms with Crippen molar-refractivity contribution in [1.82, 2.24) is 9.80 Å². The van der Waals surface area contributed by atoms with Crippen molar-refractivity contribution in [1.29, 1.82) is 0 Å². The average Bonchev–Trinajstić information content (AvgIpc) is 2.56. The average molecular weight is 376 g/mol. The van der Waals surface area contributed by atoms with Gasteiger partial charge in [0, 0.05) is 26.6 Å². The molecule has 1 amide bonds. The number of rotatable bonds is 17. The largest absolute Gasteiger partial charge is 1.00 e. The van der Waals surface area contributed by atoms with Gasteiger partial charge in [0.1, 0.15) is 0 Å². The van der Waals surface area contributed by atoms with E-state index >= 15 is 0 Å². The van der Waals surface area contributed by atoms with Crippen molar-refractivity contribution in [2.24, 2.45) is 0 Å². The Kier molecular flexibility index (Phi) is 21.6. The van der Waals surface area contributed by atoms with Crippen molar-refractivity contribution < 1.29 is 17.2 Å². The van der Waals surface area contributed by atoms with Crippen molar-refractivity contribution in [3.8, 4) is 0 Å². The highest BCUT2D eigenvalue weighted by Gasteiger charge is 2.07. The third kappa shape index (κ3) is 19.9. The lowest BCUT2D eigenvalue weighted by Gasteiger charge is -2.19. The standard InChI is InChI=1S/C21H44N2O.ClH/c1-5-6-7-8-9-10-11-12-13-14-15-16-17-18-21(24)23(4)20-19-22(2)3;/h5-20H2,1-4H3;1H/p-1. The number of carbonyl (C=O) groups is 1. The van der Waals surface area contributed by atoms with Gasteiger partial charge in [0.15, 0.2) is 0 Å². The summed E-state index contributed by atoms with van der Waals surface area (Å²) in [5.74, 6) is 0.305. The van der Waals surface area contributed by atoms with Crippen LogP contribution in [0.4, 0.5) is 0 Å². The van der Waals surface area contributed by atoms with Gasteiger partial charge in [-0.2, -0.15) is 0 Å². The Bertz CT molecular complexity index is 285. The molecule has 0 atom stereocenters. The first-order valence-corrected chi connectivity index (χ1v) is 10.5. The van der Waals surface area contributed by atoms with E-state index < -0.39 is 0 Å². The molecule has 0 aromatic carbocycles. The lowest BCUT2D eigenvalue weighted by Crippen LogP contribution is -3.00. The molecular weight excluding hydrogens is 332 g/mol. The SMILES string of the molecule is CCCCCCCCCCCCCCCC(=O)N(C)CCN(C)C.[Cl-]. The molecule has 0 aromatic rings. The number of hydrogen-bond acceptors (Lipinski definition) is 2. The summed E-state index contributed by atoms with van der Waals surface area (Å²) in [7, 11) is 6.02. The van der Waals surface area contributed by atoms with Crippen LogP contribution in [0.3, 0.4) is 0 Å². The molecule has 0 aliphatic carbocycles.